The summed E-state index contributed by atoms with van der Waals surface area (Å²) in [7, 11) is 2.87. The number of nitrogens with one attached hydrogen (secondary N) is 2. The average molecular weight is 416 g/mol. The van der Waals surface area contributed by atoms with Gasteiger partial charge in [-0.15, -0.1) is 5.10 Å². The van der Waals surface area contributed by atoms with Gasteiger partial charge >= 0.3 is 6.01 Å². The van der Waals surface area contributed by atoms with Gasteiger partial charge in [0.1, 0.15) is 29.2 Å². The second-order valence-corrected chi connectivity index (χ2v) is 6.62. The summed E-state index contributed by atoms with van der Waals surface area (Å²) in [5.74, 6) is -1.91. The van der Waals surface area contributed by atoms with E-state index in [9.17, 15) is 13.6 Å². The number of hydrogen-bond donors (Lipinski definition) is 2. The second-order valence-electron chi connectivity index (χ2n) is 6.62. The Morgan fingerprint density at radius 1 is 1.07 bits per heavy atom. The number of anilines is 1. The summed E-state index contributed by atoms with van der Waals surface area (Å²) < 4.78 is 44.6. The molecule has 8 nitrogen and oxygen atoms in total. The number of carbonyl (C=O) groups excluding carboxylic acids is 1. The summed E-state index contributed by atoms with van der Waals surface area (Å²) in [5, 5.41) is 13.2. The zero-order valence-corrected chi connectivity index (χ0v) is 16.1. The average Bonchev–Trinajstić information content (AvgIpc) is 3.36. The van der Waals surface area contributed by atoms with E-state index in [1.807, 2.05) is 0 Å². The predicted octanol–water partition coefficient (Wildman–Crippen LogP) is 2.73. The first kappa shape index (κ1) is 19.6. The molecule has 1 aliphatic rings. The third-order valence-electron chi connectivity index (χ3n) is 4.88. The molecule has 0 saturated carbocycles. The van der Waals surface area contributed by atoms with Crippen molar-refractivity contribution in [2.24, 2.45) is 0 Å². The van der Waals surface area contributed by atoms with Crippen LogP contribution in [0, 0.1) is 11.6 Å². The molecule has 0 spiro atoms. The Kier molecular flexibility index (Phi) is 5.21. The van der Waals surface area contributed by atoms with Crippen LogP contribution in [0.1, 0.15) is 11.5 Å². The SMILES string of the molecule is COc1ccc(-c2nnc(N[C@@H]3C(=O)NC[C@H]3c3c(F)cc(OC)cc3F)o2)cc1. The maximum Gasteiger partial charge on any atom is 0.316 e. The summed E-state index contributed by atoms with van der Waals surface area (Å²) in [4.78, 5) is 12.3. The summed E-state index contributed by atoms with van der Waals surface area (Å²) >= 11 is 0. The van der Waals surface area contributed by atoms with Crippen LogP contribution in [0.15, 0.2) is 40.8 Å². The summed E-state index contributed by atoms with van der Waals surface area (Å²) in [6, 6.07) is 8.07. The van der Waals surface area contributed by atoms with E-state index in [0.29, 0.717) is 11.3 Å². The second kappa shape index (κ2) is 7.97. The zero-order chi connectivity index (χ0) is 21.3. The number of halogens is 2. The van der Waals surface area contributed by atoms with Crippen LogP contribution in [0.4, 0.5) is 14.8 Å². The van der Waals surface area contributed by atoms with Gasteiger partial charge in [0.05, 0.1) is 14.2 Å². The molecule has 2 atom stereocenters. The molecule has 1 fully saturated rings. The van der Waals surface area contributed by atoms with E-state index in [2.05, 4.69) is 20.8 Å². The van der Waals surface area contributed by atoms with Gasteiger partial charge in [-0.1, -0.05) is 5.10 Å². The molecule has 0 unspecified atom stereocenters. The van der Waals surface area contributed by atoms with Crippen molar-refractivity contribution in [3.63, 3.8) is 0 Å². The lowest BCUT2D eigenvalue weighted by Crippen LogP contribution is -2.33. The molecule has 2 aromatic carbocycles. The van der Waals surface area contributed by atoms with Gasteiger partial charge in [-0.3, -0.25) is 4.79 Å². The molecule has 4 rings (SSSR count). The van der Waals surface area contributed by atoms with Gasteiger partial charge in [0.25, 0.3) is 0 Å². The monoisotopic (exact) mass is 416 g/mol. The highest BCUT2D eigenvalue weighted by molar-refractivity contribution is 5.88. The van der Waals surface area contributed by atoms with Gasteiger partial charge < -0.3 is 24.5 Å². The molecule has 156 valence electrons. The van der Waals surface area contributed by atoms with Crippen LogP contribution >= 0.6 is 0 Å². The van der Waals surface area contributed by atoms with E-state index in [1.54, 1.807) is 31.4 Å². The lowest BCUT2D eigenvalue weighted by atomic mass is 9.93. The Bertz CT molecular complexity index is 1050. The summed E-state index contributed by atoms with van der Waals surface area (Å²) in [5.41, 5.74) is 0.428. The van der Waals surface area contributed by atoms with Crippen LogP contribution in [0.3, 0.4) is 0 Å². The van der Waals surface area contributed by atoms with Crippen LogP contribution in [-0.4, -0.2) is 42.9 Å². The fourth-order valence-corrected chi connectivity index (χ4v) is 3.35. The van der Waals surface area contributed by atoms with Gasteiger partial charge in [0.15, 0.2) is 0 Å². The van der Waals surface area contributed by atoms with Crippen LogP contribution in [0.5, 0.6) is 11.5 Å². The number of hydrogen-bond acceptors (Lipinski definition) is 7. The topological polar surface area (TPSA) is 98.5 Å². The Balaban J connectivity index is 1.58. The Morgan fingerprint density at radius 2 is 1.73 bits per heavy atom. The van der Waals surface area contributed by atoms with E-state index in [-0.39, 0.29) is 29.8 Å². The van der Waals surface area contributed by atoms with Crippen molar-refractivity contribution >= 4 is 11.9 Å². The summed E-state index contributed by atoms with van der Waals surface area (Å²) in [6.45, 7) is 0.0517. The van der Waals surface area contributed by atoms with Gasteiger partial charge in [-0.2, -0.15) is 0 Å². The molecule has 1 aromatic heterocycles. The van der Waals surface area contributed by atoms with Crippen molar-refractivity contribution in [2.75, 3.05) is 26.1 Å². The highest BCUT2D eigenvalue weighted by Gasteiger charge is 2.40. The van der Waals surface area contributed by atoms with Gasteiger partial charge in [-0.25, -0.2) is 8.78 Å². The molecule has 0 bridgehead atoms. The fraction of sp³-hybridized carbons (Fsp3) is 0.250. The maximum atomic E-state index is 14.5. The molecular formula is C20H18F2N4O4. The molecule has 2 N–H and O–H groups in total. The van der Waals surface area contributed by atoms with Gasteiger partial charge in [0.2, 0.25) is 11.8 Å². The third-order valence-corrected chi connectivity index (χ3v) is 4.88. The quantitative estimate of drug-likeness (QED) is 0.638. The maximum absolute atomic E-state index is 14.5. The van der Waals surface area contributed by atoms with Crippen molar-refractivity contribution in [3.8, 4) is 23.0 Å². The lowest BCUT2D eigenvalue weighted by molar-refractivity contribution is -0.119. The first-order chi connectivity index (χ1) is 14.5. The minimum atomic E-state index is -0.994. The standard InChI is InChI=1S/C20H18F2N4O4/c1-28-11-5-3-10(4-6-11)19-25-26-20(30-19)24-17-13(9-23-18(17)27)16-14(21)7-12(29-2)8-15(16)22/h3-8,13,17H,9H2,1-2H3,(H,23,27)(H,24,26)/t13-,17-/m0/s1. The minimum Gasteiger partial charge on any atom is -0.497 e. The Morgan fingerprint density at radius 3 is 2.37 bits per heavy atom. The number of carbonyl (C=O) groups is 1. The molecule has 10 heteroatoms. The largest absolute Gasteiger partial charge is 0.497 e. The Hall–Kier alpha value is -3.69. The van der Waals surface area contributed by atoms with Crippen molar-refractivity contribution < 1.29 is 27.5 Å². The molecular weight excluding hydrogens is 398 g/mol. The van der Waals surface area contributed by atoms with Crippen molar-refractivity contribution in [2.45, 2.75) is 12.0 Å². The number of benzene rings is 2. The van der Waals surface area contributed by atoms with Crippen LogP contribution in [-0.2, 0) is 4.79 Å². The Labute approximate surface area is 170 Å². The third kappa shape index (κ3) is 3.63. The molecule has 1 saturated heterocycles. The van der Waals surface area contributed by atoms with Gasteiger partial charge in [0, 0.05) is 35.7 Å². The lowest BCUT2D eigenvalue weighted by Gasteiger charge is -2.19. The molecule has 0 radical (unpaired) electrons. The highest BCUT2D eigenvalue weighted by Crippen LogP contribution is 2.33. The molecule has 0 aliphatic carbocycles. The van der Waals surface area contributed by atoms with Crippen LogP contribution < -0.4 is 20.1 Å². The molecule has 1 amide bonds. The van der Waals surface area contributed by atoms with E-state index < -0.39 is 29.5 Å². The first-order valence-electron chi connectivity index (χ1n) is 9.05. The van der Waals surface area contributed by atoms with E-state index in [1.165, 1.54) is 7.11 Å². The smallest absolute Gasteiger partial charge is 0.316 e. The normalized spacial score (nSPS) is 18.2. The van der Waals surface area contributed by atoms with E-state index in [4.69, 9.17) is 13.9 Å². The first-order valence-corrected chi connectivity index (χ1v) is 9.05. The van der Waals surface area contributed by atoms with E-state index in [0.717, 1.165) is 12.1 Å². The van der Waals surface area contributed by atoms with Crippen LogP contribution in [0.25, 0.3) is 11.5 Å². The number of ether oxygens (including phenoxy) is 2. The molecule has 1 aliphatic heterocycles. The van der Waals surface area contributed by atoms with Crippen molar-refractivity contribution in [1.29, 1.82) is 0 Å². The molecule has 30 heavy (non-hydrogen) atoms. The van der Waals surface area contributed by atoms with E-state index >= 15 is 0 Å². The number of rotatable bonds is 6. The predicted molar refractivity (Wildman–Crippen MR) is 102 cm³/mol. The zero-order valence-electron chi connectivity index (χ0n) is 16.1. The number of nitrogens with zero attached hydrogens (tertiary/aromatic N) is 2. The highest BCUT2D eigenvalue weighted by atomic mass is 19.1. The van der Waals surface area contributed by atoms with Crippen LogP contribution in [0.2, 0.25) is 0 Å². The fourth-order valence-electron chi connectivity index (χ4n) is 3.35. The number of methoxy groups -OCH3 is 2. The minimum absolute atomic E-state index is 0.0396. The number of amides is 1. The molecule has 2 heterocycles. The number of aromatic nitrogens is 2. The molecule has 3 aromatic rings. The van der Waals surface area contributed by atoms with Gasteiger partial charge in [-0.05, 0) is 24.3 Å². The van der Waals surface area contributed by atoms with Crippen molar-refractivity contribution in [3.05, 3.63) is 53.6 Å². The summed E-state index contributed by atoms with van der Waals surface area (Å²) in [6.07, 6.45) is 0. The van der Waals surface area contributed by atoms with Crippen molar-refractivity contribution in [1.82, 2.24) is 15.5 Å².